The summed E-state index contributed by atoms with van der Waals surface area (Å²) in [7, 11) is 0. The number of hydrogen-bond donors (Lipinski definition) is 1. The number of hydrogen-bond acceptors (Lipinski definition) is 2. The van der Waals surface area contributed by atoms with Crippen LogP contribution in [-0.4, -0.2) is 9.55 Å². The Morgan fingerprint density at radius 3 is 2.38 bits per heavy atom. The first-order valence-corrected chi connectivity index (χ1v) is 8.08. The summed E-state index contributed by atoms with van der Waals surface area (Å²) in [5.41, 5.74) is 9.56. The maximum absolute atomic E-state index is 6.43. The average Bonchev–Trinajstić information content (AvgIpc) is 2.90. The summed E-state index contributed by atoms with van der Waals surface area (Å²) in [6.07, 6.45) is 0. The van der Waals surface area contributed by atoms with Gasteiger partial charge in [0.1, 0.15) is 17.3 Å². The Balaban J connectivity index is 1.77. The summed E-state index contributed by atoms with van der Waals surface area (Å²) in [6, 6.07) is 25.0. The molecule has 1 aromatic heterocycles. The van der Waals surface area contributed by atoms with Crippen molar-refractivity contribution < 1.29 is 0 Å². The molecule has 0 fully saturated rings. The molecule has 24 heavy (non-hydrogen) atoms. The fourth-order valence-electron chi connectivity index (χ4n) is 3.10. The maximum atomic E-state index is 6.43. The van der Waals surface area contributed by atoms with Crippen molar-refractivity contribution >= 4 is 16.6 Å². The van der Waals surface area contributed by atoms with Gasteiger partial charge in [-0.05, 0) is 29.3 Å². The van der Waals surface area contributed by atoms with Gasteiger partial charge in [-0.3, -0.25) is 0 Å². The van der Waals surface area contributed by atoms with Crippen LogP contribution in [0.2, 0.25) is 0 Å². The molecule has 3 heteroatoms. The highest BCUT2D eigenvalue weighted by Gasteiger charge is 2.14. The molecule has 0 saturated carbocycles. The molecule has 0 unspecified atom stereocenters. The van der Waals surface area contributed by atoms with Crippen molar-refractivity contribution in [2.24, 2.45) is 0 Å². The molecule has 3 nitrogen and oxygen atoms in total. The Bertz CT molecular complexity index is 1000. The van der Waals surface area contributed by atoms with Crippen molar-refractivity contribution in [2.45, 2.75) is 13.5 Å². The van der Waals surface area contributed by atoms with Gasteiger partial charge in [0.05, 0.1) is 6.54 Å². The monoisotopic (exact) mass is 313 g/mol. The summed E-state index contributed by atoms with van der Waals surface area (Å²) in [5, 5.41) is 2.42. The average molecular weight is 313 g/mol. The Hall–Kier alpha value is -3.07. The first-order valence-electron chi connectivity index (χ1n) is 8.08. The van der Waals surface area contributed by atoms with E-state index in [1.54, 1.807) is 0 Å². The van der Waals surface area contributed by atoms with E-state index in [1.165, 1.54) is 16.3 Å². The lowest BCUT2D eigenvalue weighted by Crippen LogP contribution is -2.06. The zero-order chi connectivity index (χ0) is 16.5. The highest BCUT2D eigenvalue weighted by atomic mass is 15.1. The van der Waals surface area contributed by atoms with E-state index in [9.17, 15) is 0 Å². The minimum Gasteiger partial charge on any atom is -0.383 e. The van der Waals surface area contributed by atoms with Crippen LogP contribution in [0.1, 0.15) is 11.4 Å². The number of fused-ring (bicyclic) bond motifs is 1. The molecule has 0 radical (unpaired) electrons. The van der Waals surface area contributed by atoms with Gasteiger partial charge in [0.25, 0.3) is 0 Å². The second-order valence-electron chi connectivity index (χ2n) is 6.03. The normalized spacial score (nSPS) is 11.0. The molecule has 4 aromatic rings. The Morgan fingerprint density at radius 1 is 0.875 bits per heavy atom. The van der Waals surface area contributed by atoms with Crippen LogP contribution < -0.4 is 5.73 Å². The minimum absolute atomic E-state index is 0.714. The van der Waals surface area contributed by atoms with Gasteiger partial charge in [0, 0.05) is 5.56 Å². The van der Waals surface area contributed by atoms with Gasteiger partial charge >= 0.3 is 0 Å². The standard InChI is InChI=1S/C21H19N3/c1-15-23-20(19-12-11-17-9-5-6-10-18(17)13-19)21(22)24(15)14-16-7-3-2-4-8-16/h2-13H,14,22H2,1H3. The molecular weight excluding hydrogens is 294 g/mol. The number of benzene rings is 3. The number of anilines is 1. The third-order valence-corrected chi connectivity index (χ3v) is 4.40. The second kappa shape index (κ2) is 5.85. The van der Waals surface area contributed by atoms with Crippen molar-refractivity contribution in [2.75, 3.05) is 5.73 Å². The number of imidazole rings is 1. The van der Waals surface area contributed by atoms with Crippen LogP contribution in [0.4, 0.5) is 5.82 Å². The molecule has 0 amide bonds. The van der Waals surface area contributed by atoms with Crippen molar-refractivity contribution in [1.29, 1.82) is 0 Å². The Kier molecular flexibility index (Phi) is 3.54. The van der Waals surface area contributed by atoms with Gasteiger partial charge in [-0.15, -0.1) is 0 Å². The summed E-state index contributed by atoms with van der Waals surface area (Å²) < 4.78 is 2.07. The lowest BCUT2D eigenvalue weighted by Gasteiger charge is -2.08. The quantitative estimate of drug-likeness (QED) is 0.598. The summed E-state index contributed by atoms with van der Waals surface area (Å²) in [4.78, 5) is 4.72. The molecule has 0 saturated heterocycles. The maximum Gasteiger partial charge on any atom is 0.132 e. The molecule has 0 bridgehead atoms. The van der Waals surface area contributed by atoms with E-state index in [4.69, 9.17) is 10.7 Å². The molecule has 0 aliphatic carbocycles. The van der Waals surface area contributed by atoms with Gasteiger partial charge < -0.3 is 10.3 Å². The summed E-state index contributed by atoms with van der Waals surface area (Å²) >= 11 is 0. The van der Waals surface area contributed by atoms with Crippen LogP contribution in [0.15, 0.2) is 72.8 Å². The highest BCUT2D eigenvalue weighted by molar-refractivity contribution is 5.88. The fraction of sp³-hybridized carbons (Fsp3) is 0.0952. The summed E-state index contributed by atoms with van der Waals surface area (Å²) in [6.45, 7) is 2.74. The van der Waals surface area contributed by atoms with Crippen molar-refractivity contribution in [3.63, 3.8) is 0 Å². The van der Waals surface area contributed by atoms with Crippen molar-refractivity contribution in [3.8, 4) is 11.3 Å². The van der Waals surface area contributed by atoms with Gasteiger partial charge in [-0.2, -0.15) is 0 Å². The molecule has 4 rings (SSSR count). The van der Waals surface area contributed by atoms with Gasteiger partial charge in [0.2, 0.25) is 0 Å². The van der Waals surface area contributed by atoms with E-state index in [0.717, 1.165) is 23.6 Å². The van der Waals surface area contributed by atoms with Gasteiger partial charge in [-0.25, -0.2) is 4.98 Å². The zero-order valence-corrected chi connectivity index (χ0v) is 13.6. The first kappa shape index (κ1) is 14.5. The largest absolute Gasteiger partial charge is 0.383 e. The van der Waals surface area contributed by atoms with Gasteiger partial charge in [0.15, 0.2) is 0 Å². The van der Waals surface area contributed by atoms with E-state index < -0.39 is 0 Å². The van der Waals surface area contributed by atoms with E-state index in [1.807, 2.05) is 25.1 Å². The second-order valence-corrected chi connectivity index (χ2v) is 6.03. The smallest absolute Gasteiger partial charge is 0.132 e. The highest BCUT2D eigenvalue weighted by Crippen LogP contribution is 2.29. The summed E-state index contributed by atoms with van der Waals surface area (Å²) in [5.74, 6) is 1.64. The third-order valence-electron chi connectivity index (χ3n) is 4.40. The van der Waals surface area contributed by atoms with Crippen LogP contribution >= 0.6 is 0 Å². The number of rotatable bonds is 3. The van der Waals surface area contributed by atoms with E-state index >= 15 is 0 Å². The fourth-order valence-corrected chi connectivity index (χ4v) is 3.10. The number of nitrogens with zero attached hydrogens (tertiary/aromatic N) is 2. The lowest BCUT2D eigenvalue weighted by atomic mass is 10.1. The van der Waals surface area contributed by atoms with Crippen molar-refractivity contribution in [1.82, 2.24) is 9.55 Å². The predicted octanol–water partition coefficient (Wildman–Crippen LogP) is 4.64. The van der Waals surface area contributed by atoms with Gasteiger partial charge in [-0.1, -0.05) is 66.7 Å². The molecule has 0 atom stereocenters. The molecule has 2 N–H and O–H groups in total. The van der Waals surface area contributed by atoms with Crippen LogP contribution in [0.25, 0.3) is 22.0 Å². The minimum atomic E-state index is 0.714. The van der Waals surface area contributed by atoms with E-state index in [0.29, 0.717) is 5.82 Å². The molecule has 3 aromatic carbocycles. The lowest BCUT2D eigenvalue weighted by molar-refractivity contribution is 0.771. The van der Waals surface area contributed by atoms with Crippen molar-refractivity contribution in [3.05, 3.63) is 84.2 Å². The number of aryl methyl sites for hydroxylation is 1. The molecule has 118 valence electrons. The van der Waals surface area contributed by atoms with E-state index in [-0.39, 0.29) is 0 Å². The molecule has 0 aliphatic heterocycles. The molecule has 0 aliphatic rings. The number of nitrogen functional groups attached to an aromatic ring is 1. The van der Waals surface area contributed by atoms with E-state index in [2.05, 4.69) is 59.2 Å². The predicted molar refractivity (Wildman–Crippen MR) is 99.9 cm³/mol. The SMILES string of the molecule is Cc1nc(-c2ccc3ccccc3c2)c(N)n1Cc1ccccc1. The van der Waals surface area contributed by atoms with Crippen LogP contribution in [0, 0.1) is 6.92 Å². The molecule has 1 heterocycles. The number of aromatic nitrogens is 2. The number of nitrogens with two attached hydrogens (primary N) is 1. The Labute approximate surface area is 141 Å². The zero-order valence-electron chi connectivity index (χ0n) is 13.6. The van der Waals surface area contributed by atoms with Crippen LogP contribution in [0.3, 0.4) is 0 Å². The third kappa shape index (κ3) is 2.54. The Morgan fingerprint density at radius 2 is 1.58 bits per heavy atom. The van der Waals surface area contributed by atoms with Crippen LogP contribution in [0.5, 0.6) is 0 Å². The topological polar surface area (TPSA) is 43.8 Å². The van der Waals surface area contributed by atoms with Crippen LogP contribution in [-0.2, 0) is 6.54 Å². The molecular formula is C21H19N3. The molecule has 0 spiro atoms. The first-order chi connectivity index (χ1) is 11.7.